The third kappa shape index (κ3) is 4.42. The summed E-state index contributed by atoms with van der Waals surface area (Å²) in [5.74, 6) is -0.0126. The Morgan fingerprint density at radius 2 is 1.82 bits per heavy atom. The molecule has 1 N–H and O–H groups in total. The Hall–Kier alpha value is -1.84. The molecule has 0 radical (unpaired) electrons. The summed E-state index contributed by atoms with van der Waals surface area (Å²) in [7, 11) is -2.34. The number of amides is 1. The van der Waals surface area contributed by atoms with Crippen molar-refractivity contribution in [3.63, 3.8) is 0 Å². The van der Waals surface area contributed by atoms with Gasteiger partial charge in [0.2, 0.25) is 10.0 Å². The summed E-state index contributed by atoms with van der Waals surface area (Å²) in [5, 5.41) is 3.07. The van der Waals surface area contributed by atoms with E-state index in [4.69, 9.17) is 32.7 Å². The predicted molar refractivity (Wildman–Crippen MR) is 107 cm³/mol. The zero-order valence-electron chi connectivity index (χ0n) is 14.9. The quantitative estimate of drug-likeness (QED) is 0.764. The molecule has 10 heteroatoms. The van der Waals surface area contributed by atoms with Crippen LogP contribution in [-0.2, 0) is 14.8 Å². The number of nitrogens with zero attached hydrogens (tertiary/aromatic N) is 1. The van der Waals surface area contributed by atoms with E-state index in [0.29, 0.717) is 29.7 Å². The molecule has 7 nitrogen and oxygen atoms in total. The van der Waals surface area contributed by atoms with Crippen LogP contribution in [0.3, 0.4) is 0 Å². The second-order valence-corrected chi connectivity index (χ2v) is 8.69. The van der Waals surface area contributed by atoms with E-state index in [2.05, 4.69) is 5.32 Å². The molecule has 2 aromatic rings. The van der Waals surface area contributed by atoms with E-state index < -0.39 is 15.9 Å². The number of benzene rings is 2. The SMILES string of the molecule is COc1ccc(NC(=O)c2ccc(Cl)c(S(=O)(=O)N3CCOCC3)c2)cc1Cl. The number of morpholine rings is 1. The Morgan fingerprint density at radius 3 is 2.46 bits per heavy atom. The van der Waals surface area contributed by atoms with Crippen LogP contribution in [0.25, 0.3) is 0 Å². The summed E-state index contributed by atoms with van der Waals surface area (Å²) in [6.45, 7) is 1.10. The molecule has 0 spiro atoms. The van der Waals surface area contributed by atoms with Gasteiger partial charge in [-0.05, 0) is 36.4 Å². The van der Waals surface area contributed by atoms with Crippen molar-refractivity contribution in [2.75, 3.05) is 38.7 Å². The van der Waals surface area contributed by atoms with Gasteiger partial charge in [-0.15, -0.1) is 0 Å². The number of hydrogen-bond acceptors (Lipinski definition) is 5. The summed E-state index contributed by atoms with van der Waals surface area (Å²) in [4.78, 5) is 12.5. The van der Waals surface area contributed by atoms with E-state index in [-0.39, 0.29) is 28.6 Å². The molecule has 3 rings (SSSR count). The summed E-state index contributed by atoms with van der Waals surface area (Å²) in [6.07, 6.45) is 0. The van der Waals surface area contributed by atoms with Gasteiger partial charge in [-0.2, -0.15) is 4.31 Å². The maximum Gasteiger partial charge on any atom is 0.255 e. The fraction of sp³-hybridized carbons (Fsp3) is 0.278. The van der Waals surface area contributed by atoms with Gasteiger partial charge in [0.1, 0.15) is 10.6 Å². The Balaban J connectivity index is 1.86. The van der Waals surface area contributed by atoms with E-state index in [1.165, 1.54) is 29.6 Å². The number of carbonyl (C=O) groups excluding carboxylic acids is 1. The van der Waals surface area contributed by atoms with Crippen LogP contribution < -0.4 is 10.1 Å². The van der Waals surface area contributed by atoms with Gasteiger partial charge in [-0.3, -0.25) is 4.79 Å². The highest BCUT2D eigenvalue weighted by molar-refractivity contribution is 7.89. The molecule has 1 fully saturated rings. The highest BCUT2D eigenvalue weighted by Gasteiger charge is 2.29. The largest absolute Gasteiger partial charge is 0.495 e. The van der Waals surface area contributed by atoms with Crippen LogP contribution in [0.4, 0.5) is 5.69 Å². The van der Waals surface area contributed by atoms with Crippen LogP contribution in [0.5, 0.6) is 5.75 Å². The summed E-state index contributed by atoms with van der Waals surface area (Å²) in [5.41, 5.74) is 0.603. The Labute approximate surface area is 173 Å². The lowest BCUT2D eigenvalue weighted by Gasteiger charge is -2.26. The molecular formula is C18H18Cl2N2O5S. The summed E-state index contributed by atoms with van der Waals surface area (Å²) in [6, 6.07) is 8.91. The zero-order chi connectivity index (χ0) is 20.3. The van der Waals surface area contributed by atoms with E-state index >= 15 is 0 Å². The van der Waals surface area contributed by atoms with Gasteiger partial charge in [0.25, 0.3) is 5.91 Å². The lowest BCUT2D eigenvalue weighted by molar-refractivity contribution is 0.0730. The van der Waals surface area contributed by atoms with E-state index in [9.17, 15) is 13.2 Å². The van der Waals surface area contributed by atoms with Crippen molar-refractivity contribution >= 4 is 44.8 Å². The molecular weight excluding hydrogens is 427 g/mol. The molecule has 150 valence electrons. The summed E-state index contributed by atoms with van der Waals surface area (Å²) >= 11 is 12.2. The minimum Gasteiger partial charge on any atom is -0.495 e. The third-order valence-electron chi connectivity index (χ3n) is 4.19. The molecule has 0 aliphatic carbocycles. The molecule has 0 bridgehead atoms. The number of anilines is 1. The Kier molecular flexibility index (Phi) is 6.47. The highest BCUT2D eigenvalue weighted by atomic mass is 35.5. The number of halogens is 2. The van der Waals surface area contributed by atoms with Crippen molar-refractivity contribution in [1.82, 2.24) is 4.31 Å². The maximum atomic E-state index is 12.9. The predicted octanol–water partition coefficient (Wildman–Crippen LogP) is 3.28. The average Bonchev–Trinajstić information content (AvgIpc) is 2.69. The number of hydrogen-bond donors (Lipinski definition) is 1. The molecule has 1 heterocycles. The highest BCUT2D eigenvalue weighted by Crippen LogP contribution is 2.29. The molecule has 0 saturated carbocycles. The first-order valence-electron chi connectivity index (χ1n) is 8.35. The maximum absolute atomic E-state index is 12.9. The fourth-order valence-electron chi connectivity index (χ4n) is 2.72. The number of nitrogens with one attached hydrogen (secondary N) is 1. The average molecular weight is 445 g/mol. The van der Waals surface area contributed by atoms with E-state index in [0.717, 1.165) is 0 Å². The fourth-order valence-corrected chi connectivity index (χ4v) is 4.88. The number of ether oxygens (including phenoxy) is 2. The molecule has 0 atom stereocenters. The van der Waals surface area contributed by atoms with Gasteiger partial charge in [-0.1, -0.05) is 23.2 Å². The van der Waals surface area contributed by atoms with Crippen molar-refractivity contribution in [1.29, 1.82) is 0 Å². The Morgan fingerprint density at radius 1 is 1.11 bits per heavy atom. The first-order chi connectivity index (χ1) is 13.3. The van der Waals surface area contributed by atoms with Gasteiger partial charge in [0.05, 0.1) is 30.4 Å². The van der Waals surface area contributed by atoms with Gasteiger partial charge in [0.15, 0.2) is 0 Å². The number of sulfonamides is 1. The Bertz CT molecular complexity index is 991. The lowest BCUT2D eigenvalue weighted by Crippen LogP contribution is -2.40. The molecule has 28 heavy (non-hydrogen) atoms. The second-order valence-electron chi connectivity index (χ2n) is 5.97. The monoisotopic (exact) mass is 444 g/mol. The zero-order valence-corrected chi connectivity index (χ0v) is 17.3. The standard InChI is InChI=1S/C18H18Cl2N2O5S/c1-26-16-5-3-13(11-15(16)20)21-18(23)12-2-4-14(19)17(10-12)28(24,25)22-6-8-27-9-7-22/h2-5,10-11H,6-9H2,1H3,(H,21,23). The first-order valence-corrected chi connectivity index (χ1v) is 10.5. The normalized spacial score (nSPS) is 15.2. The second kappa shape index (κ2) is 8.67. The molecule has 1 aliphatic rings. The minimum absolute atomic E-state index is 0.0514. The molecule has 1 aliphatic heterocycles. The van der Waals surface area contributed by atoms with Gasteiger partial charge < -0.3 is 14.8 Å². The van der Waals surface area contributed by atoms with Crippen LogP contribution in [0.1, 0.15) is 10.4 Å². The molecule has 1 amide bonds. The van der Waals surface area contributed by atoms with Crippen molar-refractivity contribution in [2.24, 2.45) is 0 Å². The smallest absolute Gasteiger partial charge is 0.255 e. The van der Waals surface area contributed by atoms with Crippen LogP contribution in [-0.4, -0.2) is 52.0 Å². The van der Waals surface area contributed by atoms with Gasteiger partial charge in [0, 0.05) is 24.3 Å². The molecule has 0 unspecified atom stereocenters. The lowest BCUT2D eigenvalue weighted by atomic mass is 10.2. The van der Waals surface area contributed by atoms with Crippen molar-refractivity contribution in [2.45, 2.75) is 4.90 Å². The van der Waals surface area contributed by atoms with Crippen LogP contribution >= 0.6 is 23.2 Å². The molecule has 0 aromatic heterocycles. The third-order valence-corrected chi connectivity index (χ3v) is 6.87. The van der Waals surface area contributed by atoms with E-state index in [1.54, 1.807) is 18.2 Å². The minimum atomic E-state index is -3.83. The van der Waals surface area contributed by atoms with E-state index in [1.807, 2.05) is 0 Å². The summed E-state index contributed by atoms with van der Waals surface area (Å²) < 4.78 is 37.3. The van der Waals surface area contributed by atoms with Gasteiger partial charge >= 0.3 is 0 Å². The number of carbonyl (C=O) groups is 1. The van der Waals surface area contributed by atoms with Crippen molar-refractivity contribution < 1.29 is 22.7 Å². The van der Waals surface area contributed by atoms with Crippen LogP contribution in [0.15, 0.2) is 41.3 Å². The van der Waals surface area contributed by atoms with Crippen LogP contribution in [0.2, 0.25) is 10.0 Å². The van der Waals surface area contributed by atoms with Crippen molar-refractivity contribution in [3.05, 3.63) is 52.0 Å². The molecule has 2 aromatic carbocycles. The number of rotatable bonds is 5. The molecule has 1 saturated heterocycles. The number of methoxy groups -OCH3 is 1. The van der Waals surface area contributed by atoms with Crippen LogP contribution in [0, 0.1) is 0 Å². The van der Waals surface area contributed by atoms with Gasteiger partial charge in [-0.25, -0.2) is 8.42 Å². The van der Waals surface area contributed by atoms with Crippen molar-refractivity contribution in [3.8, 4) is 5.75 Å². The first kappa shape index (κ1) is 20.9. The topological polar surface area (TPSA) is 84.9 Å².